The Labute approximate surface area is 65.8 Å². The van der Waals surface area contributed by atoms with Crippen LogP contribution in [0.3, 0.4) is 0 Å². The van der Waals surface area contributed by atoms with Crippen LogP contribution in [0.2, 0.25) is 0 Å². The predicted molar refractivity (Wildman–Crippen MR) is 40.3 cm³/mol. The second-order valence-electron chi connectivity index (χ2n) is 3.94. The Morgan fingerprint density at radius 1 is 1.64 bits per heavy atom. The maximum atomic E-state index is 10.6. The van der Waals surface area contributed by atoms with E-state index < -0.39 is 5.97 Å². The van der Waals surface area contributed by atoms with Crippen LogP contribution in [0, 0.1) is 11.3 Å². The molecule has 0 amide bonds. The number of hydrogen-bond donors (Lipinski definition) is 2. The van der Waals surface area contributed by atoms with Crippen molar-refractivity contribution in [1.82, 2.24) is 5.32 Å². The molecule has 3 atom stereocenters. The average molecular weight is 155 g/mol. The van der Waals surface area contributed by atoms with E-state index in [1.54, 1.807) is 0 Å². The lowest BCUT2D eigenvalue weighted by molar-refractivity contribution is -0.139. The minimum atomic E-state index is -0.694. The van der Waals surface area contributed by atoms with E-state index in [1.165, 1.54) is 6.42 Å². The van der Waals surface area contributed by atoms with Crippen molar-refractivity contribution in [1.29, 1.82) is 0 Å². The average Bonchev–Trinajstić information content (AvgIpc) is 2.44. The van der Waals surface area contributed by atoms with Crippen LogP contribution in [0.15, 0.2) is 0 Å². The number of aliphatic carboxylic acids is 1. The monoisotopic (exact) mass is 155 g/mol. The van der Waals surface area contributed by atoms with Gasteiger partial charge in [-0.15, -0.1) is 0 Å². The van der Waals surface area contributed by atoms with Crippen LogP contribution < -0.4 is 5.32 Å². The van der Waals surface area contributed by atoms with E-state index in [4.69, 9.17) is 5.11 Å². The largest absolute Gasteiger partial charge is 0.480 e. The van der Waals surface area contributed by atoms with Gasteiger partial charge in [0.1, 0.15) is 6.04 Å². The van der Waals surface area contributed by atoms with Crippen molar-refractivity contribution in [3.8, 4) is 0 Å². The maximum absolute atomic E-state index is 10.6. The first-order chi connectivity index (χ1) is 5.14. The Hall–Kier alpha value is -0.570. The van der Waals surface area contributed by atoms with Gasteiger partial charge in [-0.05, 0) is 24.2 Å². The highest BCUT2D eigenvalue weighted by molar-refractivity contribution is 5.74. The molecule has 1 aliphatic carbocycles. The van der Waals surface area contributed by atoms with Crippen molar-refractivity contribution < 1.29 is 9.90 Å². The second-order valence-corrected chi connectivity index (χ2v) is 3.94. The predicted octanol–water partition coefficient (Wildman–Crippen LogP) is 0.459. The molecule has 0 bridgehead atoms. The van der Waals surface area contributed by atoms with Gasteiger partial charge in [-0.1, -0.05) is 6.92 Å². The number of hydrogen-bond acceptors (Lipinski definition) is 2. The molecule has 2 N–H and O–H groups in total. The minimum absolute atomic E-state index is 0.278. The molecule has 3 unspecified atom stereocenters. The molecule has 3 heteroatoms. The van der Waals surface area contributed by atoms with Gasteiger partial charge in [-0.3, -0.25) is 4.79 Å². The van der Waals surface area contributed by atoms with Gasteiger partial charge in [0, 0.05) is 6.54 Å². The van der Waals surface area contributed by atoms with E-state index in [1.807, 2.05) is 0 Å². The smallest absolute Gasteiger partial charge is 0.320 e. The Balaban J connectivity index is 2.00. The Bertz CT molecular complexity index is 204. The van der Waals surface area contributed by atoms with Crippen LogP contribution in [0.5, 0.6) is 0 Å². The summed E-state index contributed by atoms with van der Waals surface area (Å²) in [6.45, 7) is 3.11. The zero-order chi connectivity index (χ0) is 8.06. The highest BCUT2D eigenvalue weighted by Gasteiger charge is 2.56. The molecule has 2 fully saturated rings. The summed E-state index contributed by atoms with van der Waals surface area (Å²) in [5.74, 6) is 0.0420. The van der Waals surface area contributed by atoms with Crippen molar-refractivity contribution in [2.75, 3.05) is 6.54 Å². The van der Waals surface area contributed by atoms with E-state index in [-0.39, 0.29) is 6.04 Å². The fraction of sp³-hybridized carbons (Fsp3) is 0.875. The first-order valence-electron chi connectivity index (χ1n) is 4.10. The number of carboxylic acids is 1. The zero-order valence-electron chi connectivity index (χ0n) is 6.63. The van der Waals surface area contributed by atoms with Crippen LogP contribution in [-0.2, 0) is 4.79 Å². The molecule has 1 aliphatic heterocycles. The Morgan fingerprint density at radius 2 is 2.27 bits per heavy atom. The SMILES string of the molecule is CC1CC12CNC(C(=O)O)C2. The number of nitrogens with one attached hydrogen (secondary N) is 1. The summed E-state index contributed by atoms with van der Waals surface area (Å²) in [6.07, 6.45) is 2.05. The quantitative estimate of drug-likeness (QED) is 0.578. The molecule has 2 aliphatic rings. The molecule has 0 aromatic heterocycles. The molecule has 1 saturated carbocycles. The van der Waals surface area contributed by atoms with E-state index in [2.05, 4.69) is 12.2 Å². The van der Waals surface area contributed by atoms with Gasteiger partial charge >= 0.3 is 5.97 Å². The number of rotatable bonds is 1. The van der Waals surface area contributed by atoms with Gasteiger partial charge < -0.3 is 10.4 Å². The van der Waals surface area contributed by atoms with E-state index in [0.29, 0.717) is 5.41 Å². The summed E-state index contributed by atoms with van der Waals surface area (Å²) in [7, 11) is 0. The van der Waals surface area contributed by atoms with Crippen molar-refractivity contribution >= 4 is 5.97 Å². The molecule has 0 aromatic rings. The molecule has 1 spiro atoms. The Kier molecular flexibility index (Phi) is 1.27. The lowest BCUT2D eigenvalue weighted by atomic mass is 10.0. The summed E-state index contributed by atoms with van der Waals surface area (Å²) in [4.78, 5) is 10.6. The van der Waals surface area contributed by atoms with Gasteiger partial charge in [0.2, 0.25) is 0 Å². The van der Waals surface area contributed by atoms with E-state index in [9.17, 15) is 4.79 Å². The molecule has 0 radical (unpaired) electrons. The lowest BCUT2D eigenvalue weighted by Gasteiger charge is -2.03. The maximum Gasteiger partial charge on any atom is 0.320 e. The minimum Gasteiger partial charge on any atom is -0.480 e. The highest BCUT2D eigenvalue weighted by Crippen LogP contribution is 2.57. The molecule has 1 heterocycles. The van der Waals surface area contributed by atoms with Crippen molar-refractivity contribution in [3.05, 3.63) is 0 Å². The van der Waals surface area contributed by atoms with Crippen LogP contribution in [0.4, 0.5) is 0 Å². The molecular formula is C8H13NO2. The van der Waals surface area contributed by atoms with Gasteiger partial charge in [-0.2, -0.15) is 0 Å². The zero-order valence-corrected chi connectivity index (χ0v) is 6.63. The highest BCUT2D eigenvalue weighted by atomic mass is 16.4. The van der Waals surface area contributed by atoms with E-state index in [0.717, 1.165) is 18.9 Å². The first-order valence-corrected chi connectivity index (χ1v) is 4.10. The fourth-order valence-corrected chi connectivity index (χ4v) is 2.13. The van der Waals surface area contributed by atoms with Crippen molar-refractivity contribution in [2.45, 2.75) is 25.8 Å². The molecule has 11 heavy (non-hydrogen) atoms. The van der Waals surface area contributed by atoms with Gasteiger partial charge in [-0.25, -0.2) is 0 Å². The van der Waals surface area contributed by atoms with Crippen LogP contribution >= 0.6 is 0 Å². The van der Waals surface area contributed by atoms with Gasteiger partial charge in [0.25, 0.3) is 0 Å². The third kappa shape index (κ3) is 0.948. The normalized spacial score (nSPS) is 48.1. The molecule has 0 aromatic carbocycles. The molecule has 3 nitrogen and oxygen atoms in total. The van der Waals surface area contributed by atoms with Gasteiger partial charge in [0.15, 0.2) is 0 Å². The summed E-state index contributed by atoms with van der Waals surface area (Å²) in [5, 5.41) is 11.7. The standard InChI is InChI=1S/C8H13NO2/c1-5-2-8(5)3-6(7(10)11)9-4-8/h5-6,9H,2-4H2,1H3,(H,10,11). The topological polar surface area (TPSA) is 49.3 Å². The third-order valence-corrected chi connectivity index (χ3v) is 3.21. The molecule has 1 saturated heterocycles. The van der Waals surface area contributed by atoms with Gasteiger partial charge in [0.05, 0.1) is 0 Å². The molecular weight excluding hydrogens is 142 g/mol. The first kappa shape index (κ1) is 7.10. The Morgan fingerprint density at radius 3 is 2.55 bits per heavy atom. The molecule has 62 valence electrons. The summed E-state index contributed by atoms with van der Waals surface area (Å²) in [6, 6.07) is -0.278. The molecule has 2 rings (SSSR count). The number of carbonyl (C=O) groups is 1. The van der Waals surface area contributed by atoms with Crippen molar-refractivity contribution in [2.24, 2.45) is 11.3 Å². The van der Waals surface area contributed by atoms with E-state index >= 15 is 0 Å². The summed E-state index contributed by atoms with van der Waals surface area (Å²) < 4.78 is 0. The van der Waals surface area contributed by atoms with Crippen molar-refractivity contribution in [3.63, 3.8) is 0 Å². The summed E-state index contributed by atoms with van der Waals surface area (Å²) >= 11 is 0. The second kappa shape index (κ2) is 1.97. The lowest BCUT2D eigenvalue weighted by Crippen LogP contribution is -2.29. The fourth-order valence-electron chi connectivity index (χ4n) is 2.13. The van der Waals surface area contributed by atoms with Crippen LogP contribution in [0.25, 0.3) is 0 Å². The van der Waals surface area contributed by atoms with Crippen LogP contribution in [0.1, 0.15) is 19.8 Å². The van der Waals surface area contributed by atoms with Crippen LogP contribution in [-0.4, -0.2) is 23.7 Å². The third-order valence-electron chi connectivity index (χ3n) is 3.21. The number of carboxylic acid groups (broad SMARTS) is 1. The summed E-state index contributed by atoms with van der Waals surface area (Å²) in [5.41, 5.74) is 0.364.